The number of rotatable bonds is 10. The van der Waals surface area contributed by atoms with Gasteiger partial charge in [0.25, 0.3) is 0 Å². The second kappa shape index (κ2) is 11.5. The van der Waals surface area contributed by atoms with Crippen molar-refractivity contribution in [3.63, 3.8) is 0 Å². The molecule has 0 fully saturated rings. The normalized spacial score (nSPS) is 12.6. The van der Waals surface area contributed by atoms with E-state index in [0.29, 0.717) is 6.54 Å². The van der Waals surface area contributed by atoms with Gasteiger partial charge in [-0.25, -0.2) is 4.99 Å². The van der Waals surface area contributed by atoms with Crippen LogP contribution in [0.5, 0.6) is 11.5 Å². The molecule has 9 heteroatoms. The fourth-order valence-corrected chi connectivity index (χ4v) is 3.21. The average Bonchev–Trinajstić information content (AvgIpc) is 3.06. The fraction of sp³-hybridized carbons (Fsp3) is 0.550. The van der Waals surface area contributed by atoms with Gasteiger partial charge in [-0.3, -0.25) is 0 Å². The number of guanidine groups is 1. The molecule has 1 heterocycles. The lowest BCUT2D eigenvalue weighted by Gasteiger charge is -2.21. The quantitative estimate of drug-likeness (QED) is 0.347. The Morgan fingerprint density at radius 1 is 1.28 bits per heavy atom. The van der Waals surface area contributed by atoms with Gasteiger partial charge in [0.2, 0.25) is 0 Å². The molecule has 0 spiro atoms. The minimum atomic E-state index is -0.0342. The van der Waals surface area contributed by atoms with Gasteiger partial charge in [-0.2, -0.15) is 11.8 Å². The molecule has 0 amide bonds. The van der Waals surface area contributed by atoms with Gasteiger partial charge in [-0.1, -0.05) is 0 Å². The summed E-state index contributed by atoms with van der Waals surface area (Å²) >= 11 is 1.84. The molecule has 8 nitrogen and oxygen atoms in total. The van der Waals surface area contributed by atoms with Crippen LogP contribution in [0.2, 0.25) is 0 Å². The second-order valence-corrected chi connectivity index (χ2v) is 7.62. The van der Waals surface area contributed by atoms with Gasteiger partial charge in [-0.15, -0.1) is 10.2 Å². The van der Waals surface area contributed by atoms with E-state index in [0.717, 1.165) is 53.4 Å². The minimum Gasteiger partial charge on any atom is -0.497 e. The molecule has 1 aromatic carbocycles. The van der Waals surface area contributed by atoms with Gasteiger partial charge in [0.05, 0.1) is 20.3 Å². The van der Waals surface area contributed by atoms with Crippen LogP contribution in [0, 0.1) is 6.92 Å². The molecule has 0 saturated carbocycles. The molecule has 1 atom stereocenters. The Morgan fingerprint density at radius 3 is 2.69 bits per heavy atom. The van der Waals surface area contributed by atoms with E-state index in [1.54, 1.807) is 14.2 Å². The van der Waals surface area contributed by atoms with Crippen molar-refractivity contribution in [2.24, 2.45) is 12.0 Å². The van der Waals surface area contributed by atoms with Crippen LogP contribution in [-0.2, 0) is 13.6 Å². The zero-order valence-electron chi connectivity index (χ0n) is 18.2. The molecule has 0 bridgehead atoms. The topological polar surface area (TPSA) is 85.6 Å². The molecule has 2 aromatic rings. The SMILES string of the molecule is COc1ccc(OC)c(C(C)NC(=NCc2nnc(C)n2C)NCCCSC)c1. The lowest BCUT2D eigenvalue weighted by molar-refractivity contribution is 0.394. The summed E-state index contributed by atoms with van der Waals surface area (Å²) in [5.74, 6) is 5.10. The van der Waals surface area contributed by atoms with Gasteiger partial charge < -0.3 is 24.7 Å². The summed E-state index contributed by atoms with van der Waals surface area (Å²) in [4.78, 5) is 4.72. The van der Waals surface area contributed by atoms with Crippen LogP contribution in [0.25, 0.3) is 0 Å². The molecule has 1 aromatic heterocycles. The largest absolute Gasteiger partial charge is 0.497 e. The number of aliphatic imine (C=N–C) groups is 1. The van der Waals surface area contributed by atoms with E-state index < -0.39 is 0 Å². The Kier molecular flexibility index (Phi) is 9.11. The number of methoxy groups -OCH3 is 2. The molecule has 0 aliphatic heterocycles. The highest BCUT2D eigenvalue weighted by molar-refractivity contribution is 7.98. The van der Waals surface area contributed by atoms with Crippen molar-refractivity contribution in [2.45, 2.75) is 32.9 Å². The molecule has 0 aliphatic carbocycles. The van der Waals surface area contributed by atoms with Crippen LogP contribution in [-0.4, -0.2) is 53.5 Å². The summed E-state index contributed by atoms with van der Waals surface area (Å²) < 4.78 is 12.8. The Balaban J connectivity index is 2.17. The maximum Gasteiger partial charge on any atom is 0.192 e. The summed E-state index contributed by atoms with van der Waals surface area (Å²) in [6, 6.07) is 5.75. The highest BCUT2D eigenvalue weighted by atomic mass is 32.2. The molecule has 2 N–H and O–H groups in total. The molecule has 0 aliphatic rings. The van der Waals surface area contributed by atoms with Crippen LogP contribution < -0.4 is 20.1 Å². The first-order valence-electron chi connectivity index (χ1n) is 9.60. The van der Waals surface area contributed by atoms with Crippen LogP contribution in [0.1, 0.15) is 36.6 Å². The molecule has 0 radical (unpaired) electrons. The summed E-state index contributed by atoms with van der Waals surface area (Å²) in [5.41, 5.74) is 1.000. The van der Waals surface area contributed by atoms with Crippen molar-refractivity contribution in [3.8, 4) is 11.5 Å². The second-order valence-electron chi connectivity index (χ2n) is 6.63. The van der Waals surface area contributed by atoms with E-state index in [1.807, 2.05) is 48.5 Å². The molecule has 1 unspecified atom stereocenters. The number of aryl methyl sites for hydroxylation is 1. The van der Waals surface area contributed by atoms with E-state index in [4.69, 9.17) is 14.5 Å². The summed E-state index contributed by atoms with van der Waals surface area (Å²) in [7, 11) is 5.28. The molecule has 2 rings (SSSR count). The Morgan fingerprint density at radius 2 is 2.07 bits per heavy atom. The summed E-state index contributed by atoms with van der Waals surface area (Å²) in [5, 5.41) is 15.2. The maximum absolute atomic E-state index is 5.53. The van der Waals surface area contributed by atoms with Crippen molar-refractivity contribution in [3.05, 3.63) is 35.4 Å². The minimum absolute atomic E-state index is 0.0342. The predicted molar refractivity (Wildman–Crippen MR) is 119 cm³/mol. The zero-order chi connectivity index (χ0) is 21.2. The van der Waals surface area contributed by atoms with Crippen molar-refractivity contribution in [1.29, 1.82) is 0 Å². The molecule has 0 saturated heterocycles. The Labute approximate surface area is 177 Å². The number of ether oxygens (including phenoxy) is 2. The summed E-state index contributed by atoms with van der Waals surface area (Å²) in [6.07, 6.45) is 3.17. The van der Waals surface area contributed by atoms with E-state index in [-0.39, 0.29) is 6.04 Å². The van der Waals surface area contributed by atoms with Gasteiger partial charge >= 0.3 is 0 Å². The Bertz CT molecular complexity index is 808. The van der Waals surface area contributed by atoms with Crippen molar-refractivity contribution in [1.82, 2.24) is 25.4 Å². The highest BCUT2D eigenvalue weighted by Gasteiger charge is 2.15. The first-order chi connectivity index (χ1) is 14.0. The summed E-state index contributed by atoms with van der Waals surface area (Å²) in [6.45, 7) is 5.28. The number of thioether (sulfide) groups is 1. The van der Waals surface area contributed by atoms with E-state index in [1.165, 1.54) is 0 Å². The van der Waals surface area contributed by atoms with Crippen LogP contribution in [0.3, 0.4) is 0 Å². The third-order valence-corrected chi connectivity index (χ3v) is 5.33. The highest BCUT2D eigenvalue weighted by Crippen LogP contribution is 2.29. The lowest BCUT2D eigenvalue weighted by Crippen LogP contribution is -2.39. The van der Waals surface area contributed by atoms with Crippen molar-refractivity contribution < 1.29 is 9.47 Å². The van der Waals surface area contributed by atoms with Gasteiger partial charge in [-0.05, 0) is 50.5 Å². The smallest absolute Gasteiger partial charge is 0.192 e. The van der Waals surface area contributed by atoms with Crippen LogP contribution in [0.15, 0.2) is 23.2 Å². The van der Waals surface area contributed by atoms with Crippen molar-refractivity contribution >= 4 is 17.7 Å². The molecule has 29 heavy (non-hydrogen) atoms. The zero-order valence-corrected chi connectivity index (χ0v) is 19.0. The number of benzene rings is 1. The standard InChI is InChI=1S/C20H32N6O2S/c1-14(17-12-16(27-4)8-9-18(17)28-5)23-20(21-10-7-11-29-6)22-13-19-25-24-15(2)26(19)3/h8-9,12,14H,7,10-11,13H2,1-6H3,(H2,21,22,23). The predicted octanol–water partition coefficient (Wildman–Crippen LogP) is 2.69. The number of aromatic nitrogens is 3. The van der Waals surface area contributed by atoms with Gasteiger partial charge in [0, 0.05) is 19.2 Å². The third-order valence-electron chi connectivity index (χ3n) is 4.64. The lowest BCUT2D eigenvalue weighted by atomic mass is 10.1. The third kappa shape index (κ3) is 6.56. The van der Waals surface area contributed by atoms with Gasteiger partial charge in [0.15, 0.2) is 11.8 Å². The fourth-order valence-electron chi connectivity index (χ4n) is 2.77. The van der Waals surface area contributed by atoms with E-state index in [2.05, 4.69) is 34.0 Å². The van der Waals surface area contributed by atoms with Crippen LogP contribution >= 0.6 is 11.8 Å². The van der Waals surface area contributed by atoms with Crippen molar-refractivity contribution in [2.75, 3.05) is 32.8 Å². The van der Waals surface area contributed by atoms with Gasteiger partial charge in [0.1, 0.15) is 23.9 Å². The Hall–Kier alpha value is -2.42. The number of nitrogens with zero attached hydrogens (tertiary/aromatic N) is 4. The first-order valence-corrected chi connectivity index (χ1v) is 11.0. The van der Waals surface area contributed by atoms with Crippen LogP contribution in [0.4, 0.5) is 0 Å². The molecular formula is C20H32N6O2S. The van der Waals surface area contributed by atoms with E-state index in [9.17, 15) is 0 Å². The van der Waals surface area contributed by atoms with E-state index >= 15 is 0 Å². The molecular weight excluding hydrogens is 388 g/mol. The monoisotopic (exact) mass is 420 g/mol. The number of nitrogens with one attached hydrogen (secondary N) is 2. The number of hydrogen-bond donors (Lipinski definition) is 2. The first kappa shape index (κ1) is 22.9. The number of hydrogen-bond acceptors (Lipinski definition) is 6. The molecule has 160 valence electrons. The maximum atomic E-state index is 5.53. The average molecular weight is 421 g/mol.